The van der Waals surface area contributed by atoms with Crippen LogP contribution >= 0.6 is 29.8 Å². The van der Waals surface area contributed by atoms with Crippen LogP contribution in [0.5, 0.6) is 5.75 Å². The molecule has 15 heteroatoms. The normalized spacial score (nSPS) is 13.0. The molecule has 1 rings (SSSR count). The predicted molar refractivity (Wildman–Crippen MR) is 136 cm³/mol. The maximum atomic E-state index is 10.2. The minimum absolute atomic E-state index is 0.159. The van der Waals surface area contributed by atoms with Crippen molar-refractivity contribution in [2.24, 2.45) is 10.8 Å². The van der Waals surface area contributed by atoms with Crippen LogP contribution in [0.2, 0.25) is 10.0 Å². The molecule has 204 valence electrons. The number of nitrogens with one attached hydrogen (secondary N) is 1. The second-order valence-electron chi connectivity index (χ2n) is 7.99. The molecule has 1 atom stereocenters. The van der Waals surface area contributed by atoms with Crippen LogP contribution in [0, 0.1) is 10.8 Å². The number of hydrogen-bond donors (Lipinski definition) is 7. The Hall–Kier alpha value is -1.05. The summed E-state index contributed by atoms with van der Waals surface area (Å²) in [6, 6.07) is 5.12. The van der Waals surface area contributed by atoms with E-state index in [2.05, 4.69) is 5.09 Å². The first kappa shape index (κ1) is 36.1. The van der Waals surface area contributed by atoms with Gasteiger partial charge in [0.05, 0.1) is 31.5 Å². The van der Waals surface area contributed by atoms with E-state index in [9.17, 15) is 9.59 Å². The molecule has 0 fully saturated rings. The van der Waals surface area contributed by atoms with Crippen molar-refractivity contribution in [3.05, 3.63) is 28.2 Å². The number of carbonyl (C=O) groups is 2. The van der Waals surface area contributed by atoms with Crippen molar-refractivity contribution in [3.8, 4) is 5.75 Å². The summed E-state index contributed by atoms with van der Waals surface area (Å²) in [6.45, 7) is 1.74. The summed E-state index contributed by atoms with van der Waals surface area (Å²) in [5.74, 6) is -1.91. The number of carboxylic acid groups (broad SMARTS) is 2. The maximum Gasteiger partial charge on any atom is 0.314 e. The molecule has 0 aliphatic rings. The molecule has 0 saturated heterocycles. The Morgan fingerprint density at radius 1 is 1.00 bits per heavy atom. The van der Waals surface area contributed by atoms with Gasteiger partial charge in [0, 0.05) is 18.2 Å². The zero-order valence-electron chi connectivity index (χ0n) is 20.1. The minimum atomic E-state index is -2.56. The van der Waals surface area contributed by atoms with Gasteiger partial charge in [0.2, 0.25) is 0 Å². The van der Waals surface area contributed by atoms with Crippen molar-refractivity contribution in [3.63, 3.8) is 0 Å². The van der Waals surface area contributed by atoms with Crippen molar-refractivity contribution in [1.82, 2.24) is 5.09 Å². The molecule has 0 aromatic heterocycles. The van der Waals surface area contributed by atoms with E-state index in [-0.39, 0.29) is 6.04 Å². The lowest BCUT2D eigenvalue weighted by molar-refractivity contribution is -0.154. The second kappa shape index (κ2) is 16.6. The summed E-state index contributed by atoms with van der Waals surface area (Å²) in [7, 11) is 1.51. The first-order chi connectivity index (χ1) is 16.0. The number of hydrogen-bond acceptors (Lipinski definition) is 9. The molecule has 7 N–H and O–H groups in total. The zero-order valence-corrected chi connectivity index (χ0v) is 23.3. The molecule has 0 amide bonds. The van der Waals surface area contributed by atoms with E-state index in [1.807, 2.05) is 13.8 Å². The second-order valence-corrected chi connectivity index (χ2v) is 12.1. The number of aliphatic hydroxyl groups excluding tert-OH is 4. The molecule has 11 nitrogen and oxygen atoms in total. The molecule has 0 bridgehead atoms. The highest BCUT2D eigenvalue weighted by molar-refractivity contribution is 8.09. The van der Waals surface area contributed by atoms with Crippen molar-refractivity contribution in [2.45, 2.75) is 33.7 Å². The summed E-state index contributed by atoms with van der Waals surface area (Å²) in [5.41, 5.74) is -2.78. The Labute approximate surface area is 219 Å². The van der Waals surface area contributed by atoms with Crippen LogP contribution in [0.25, 0.3) is 0 Å². The van der Waals surface area contributed by atoms with Crippen LogP contribution in [-0.4, -0.2) is 82.2 Å². The van der Waals surface area contributed by atoms with Crippen LogP contribution in [0.1, 0.15) is 27.7 Å². The lowest BCUT2D eigenvalue weighted by Crippen LogP contribution is -2.35. The molecule has 1 unspecified atom stereocenters. The number of rotatable bonds is 11. The Balaban J connectivity index is 0. The highest BCUT2D eigenvalue weighted by Crippen LogP contribution is 2.46. The van der Waals surface area contributed by atoms with Gasteiger partial charge in [-0.3, -0.25) is 9.59 Å². The lowest BCUT2D eigenvalue weighted by atomic mass is 9.94. The monoisotopic (exact) mass is 581 g/mol. The molecular weight excluding hydrogens is 548 g/mol. The molecule has 1 aromatic rings. The number of halogens is 2. The van der Waals surface area contributed by atoms with Crippen LogP contribution in [0.4, 0.5) is 0 Å². The minimum Gasteiger partial charge on any atom is -0.481 e. The standard InChI is InChI=1S/C10H14Cl2NO2PS.2C5H10O4/c1-7(2)13-16(17,14-3)15-10-5-4-8(11)6-9(10)12;2*1-5(2-6,3-7)4(8)9/h4-7H,1-3H3,(H,13,17);2*6-7H,2-3H2,1H3,(H,8,9). The highest BCUT2D eigenvalue weighted by Gasteiger charge is 2.31. The van der Waals surface area contributed by atoms with Gasteiger partial charge in [0.15, 0.2) is 0 Å². The number of aliphatic carboxylic acids is 2. The topological polar surface area (TPSA) is 186 Å². The summed E-state index contributed by atoms with van der Waals surface area (Å²) in [6.07, 6.45) is 0. The first-order valence-corrected chi connectivity index (χ1v) is 13.4. The predicted octanol–water partition coefficient (Wildman–Crippen LogP) is 2.36. The Kier molecular flexibility index (Phi) is 17.2. The van der Waals surface area contributed by atoms with Gasteiger partial charge >= 0.3 is 18.6 Å². The van der Waals surface area contributed by atoms with Crippen LogP contribution < -0.4 is 9.61 Å². The third kappa shape index (κ3) is 13.2. The van der Waals surface area contributed by atoms with E-state index in [1.54, 1.807) is 18.2 Å². The zero-order chi connectivity index (χ0) is 28.0. The van der Waals surface area contributed by atoms with Gasteiger partial charge < -0.3 is 39.7 Å². The van der Waals surface area contributed by atoms with E-state index in [0.29, 0.717) is 15.8 Å². The molecular formula is C20H34Cl2NO10PS. The summed E-state index contributed by atoms with van der Waals surface area (Å²) in [4.78, 5) is 20.3. The van der Waals surface area contributed by atoms with E-state index < -0.39 is 55.8 Å². The largest absolute Gasteiger partial charge is 0.481 e. The summed E-state index contributed by atoms with van der Waals surface area (Å²) >= 11 is 17.1. The number of carboxylic acids is 2. The molecule has 0 aliphatic heterocycles. The molecule has 0 heterocycles. The fourth-order valence-electron chi connectivity index (χ4n) is 1.48. The molecule has 1 aromatic carbocycles. The fourth-order valence-corrected chi connectivity index (χ4v) is 4.14. The van der Waals surface area contributed by atoms with Crippen LogP contribution in [0.3, 0.4) is 0 Å². The fraction of sp³-hybridized carbons (Fsp3) is 0.600. The van der Waals surface area contributed by atoms with Gasteiger partial charge in [-0.1, -0.05) is 23.2 Å². The Bertz CT molecular complexity index is 823. The molecule has 0 saturated carbocycles. The smallest absolute Gasteiger partial charge is 0.314 e. The van der Waals surface area contributed by atoms with E-state index in [4.69, 9.17) is 74.7 Å². The van der Waals surface area contributed by atoms with Gasteiger partial charge in [-0.05, 0) is 57.7 Å². The molecule has 0 spiro atoms. The molecule has 35 heavy (non-hydrogen) atoms. The number of benzene rings is 1. The Morgan fingerprint density at radius 3 is 1.63 bits per heavy atom. The van der Waals surface area contributed by atoms with E-state index in [1.165, 1.54) is 21.0 Å². The summed E-state index contributed by atoms with van der Waals surface area (Å²) < 4.78 is 10.9. The third-order valence-electron chi connectivity index (χ3n) is 4.20. The van der Waals surface area contributed by atoms with Crippen LogP contribution in [-0.2, 0) is 25.9 Å². The molecule has 0 radical (unpaired) electrons. The highest BCUT2D eigenvalue weighted by atomic mass is 35.5. The van der Waals surface area contributed by atoms with Gasteiger partial charge in [-0.2, -0.15) is 0 Å². The Morgan fingerprint density at radius 2 is 1.40 bits per heavy atom. The van der Waals surface area contributed by atoms with Gasteiger partial charge in [-0.25, -0.2) is 5.09 Å². The van der Waals surface area contributed by atoms with Crippen molar-refractivity contribution in [1.29, 1.82) is 0 Å². The average Bonchev–Trinajstić information content (AvgIpc) is 2.79. The van der Waals surface area contributed by atoms with Gasteiger partial charge in [0.25, 0.3) is 0 Å². The van der Waals surface area contributed by atoms with E-state index in [0.717, 1.165) is 0 Å². The summed E-state index contributed by atoms with van der Waals surface area (Å²) in [5, 5.41) is 54.3. The number of aliphatic hydroxyl groups is 4. The van der Waals surface area contributed by atoms with E-state index >= 15 is 0 Å². The van der Waals surface area contributed by atoms with Gasteiger partial charge in [-0.15, -0.1) is 0 Å². The quantitative estimate of drug-likeness (QED) is 0.189. The molecule has 0 aliphatic carbocycles. The maximum absolute atomic E-state index is 10.2. The SMILES string of the molecule is CC(CO)(CO)C(=O)O.CC(CO)(CO)C(=O)O.COP(=S)(NC(C)C)Oc1ccc(Cl)cc1Cl. The first-order valence-electron chi connectivity index (χ1n) is 9.98. The van der Waals surface area contributed by atoms with Gasteiger partial charge in [0.1, 0.15) is 16.6 Å². The lowest BCUT2D eigenvalue weighted by Gasteiger charge is -2.24. The third-order valence-corrected chi connectivity index (χ3v) is 7.47. The van der Waals surface area contributed by atoms with Crippen molar-refractivity contribution in [2.75, 3.05) is 33.5 Å². The van der Waals surface area contributed by atoms with Crippen LogP contribution in [0.15, 0.2) is 18.2 Å². The van der Waals surface area contributed by atoms with Crippen molar-refractivity contribution >= 4 is 53.6 Å². The average molecular weight is 582 g/mol. The van der Waals surface area contributed by atoms with Crippen molar-refractivity contribution < 1.29 is 49.3 Å².